The van der Waals surface area contributed by atoms with Gasteiger partial charge in [-0.15, -0.1) is 0 Å². The van der Waals surface area contributed by atoms with E-state index in [0.717, 1.165) is 23.2 Å². The number of hydrogen-bond donors (Lipinski definition) is 0. The van der Waals surface area contributed by atoms with Gasteiger partial charge in [-0.2, -0.15) is 0 Å². The van der Waals surface area contributed by atoms with Gasteiger partial charge in [0.15, 0.2) is 0 Å². The third-order valence-corrected chi connectivity index (χ3v) is 3.50. The van der Waals surface area contributed by atoms with Crippen LogP contribution in [0.5, 0.6) is 5.75 Å². The fraction of sp³-hybridized carbons (Fsp3) is 0.250. The van der Waals surface area contributed by atoms with Gasteiger partial charge in [0.2, 0.25) is 0 Å². The molecule has 0 heterocycles. The molecule has 18 heavy (non-hydrogen) atoms. The van der Waals surface area contributed by atoms with E-state index >= 15 is 0 Å². The fourth-order valence-corrected chi connectivity index (χ4v) is 2.34. The zero-order chi connectivity index (χ0) is 12.8. The van der Waals surface area contributed by atoms with Crippen molar-refractivity contribution in [3.63, 3.8) is 0 Å². The van der Waals surface area contributed by atoms with E-state index in [1.807, 2.05) is 36.4 Å². The van der Waals surface area contributed by atoms with E-state index in [0.29, 0.717) is 5.92 Å². The fourth-order valence-electron chi connectivity index (χ4n) is 1.92. The summed E-state index contributed by atoms with van der Waals surface area (Å²) in [6.45, 7) is 2.91. The van der Waals surface area contributed by atoms with E-state index in [9.17, 15) is 0 Å². The van der Waals surface area contributed by atoms with Crippen molar-refractivity contribution in [2.24, 2.45) is 0 Å². The molecule has 0 N–H and O–H groups in total. The topological polar surface area (TPSA) is 9.23 Å². The van der Waals surface area contributed by atoms with Gasteiger partial charge in [-0.05, 0) is 36.2 Å². The van der Waals surface area contributed by atoms with Gasteiger partial charge in [0.1, 0.15) is 5.75 Å². The standard InChI is InChI=1S/C16H17BrO/c1-2-13(14-7-6-8-15(17)11-14)12-18-16-9-4-3-5-10-16/h3-11,13H,2,12H2,1H3. The summed E-state index contributed by atoms with van der Waals surface area (Å²) in [5, 5.41) is 0. The van der Waals surface area contributed by atoms with Gasteiger partial charge in [0.25, 0.3) is 0 Å². The molecule has 0 aliphatic heterocycles. The van der Waals surface area contributed by atoms with Gasteiger partial charge in [-0.25, -0.2) is 0 Å². The number of ether oxygens (including phenoxy) is 1. The van der Waals surface area contributed by atoms with E-state index in [-0.39, 0.29) is 0 Å². The minimum absolute atomic E-state index is 0.433. The van der Waals surface area contributed by atoms with Crippen molar-refractivity contribution in [2.45, 2.75) is 19.3 Å². The van der Waals surface area contributed by atoms with Crippen LogP contribution in [0, 0.1) is 0 Å². The maximum absolute atomic E-state index is 5.84. The van der Waals surface area contributed by atoms with Crippen molar-refractivity contribution >= 4 is 15.9 Å². The summed E-state index contributed by atoms with van der Waals surface area (Å²) in [5.41, 5.74) is 1.32. The Labute approximate surface area is 117 Å². The number of benzene rings is 2. The number of halogens is 1. The average molecular weight is 305 g/mol. The molecule has 0 saturated carbocycles. The maximum Gasteiger partial charge on any atom is 0.119 e. The minimum atomic E-state index is 0.433. The van der Waals surface area contributed by atoms with E-state index in [1.165, 1.54) is 5.56 Å². The average Bonchev–Trinajstić information content (AvgIpc) is 2.41. The van der Waals surface area contributed by atoms with Gasteiger partial charge >= 0.3 is 0 Å². The first kappa shape index (κ1) is 13.2. The summed E-state index contributed by atoms with van der Waals surface area (Å²) in [6.07, 6.45) is 1.07. The first-order valence-electron chi connectivity index (χ1n) is 6.23. The Morgan fingerprint density at radius 1 is 1.06 bits per heavy atom. The first-order valence-corrected chi connectivity index (χ1v) is 7.02. The lowest BCUT2D eigenvalue weighted by molar-refractivity contribution is 0.285. The molecular formula is C16H17BrO. The molecule has 0 aliphatic carbocycles. The maximum atomic E-state index is 5.84. The van der Waals surface area contributed by atoms with Crippen LogP contribution in [0.4, 0.5) is 0 Å². The van der Waals surface area contributed by atoms with Crippen LogP contribution in [0.25, 0.3) is 0 Å². The zero-order valence-electron chi connectivity index (χ0n) is 10.5. The lowest BCUT2D eigenvalue weighted by Gasteiger charge is -2.16. The van der Waals surface area contributed by atoms with E-state index in [2.05, 4.69) is 41.1 Å². The second-order valence-electron chi connectivity index (χ2n) is 4.28. The quantitative estimate of drug-likeness (QED) is 0.753. The highest BCUT2D eigenvalue weighted by atomic mass is 79.9. The summed E-state index contributed by atoms with van der Waals surface area (Å²) in [4.78, 5) is 0. The molecule has 1 unspecified atom stereocenters. The molecule has 1 nitrogen and oxygen atoms in total. The number of hydrogen-bond acceptors (Lipinski definition) is 1. The van der Waals surface area contributed by atoms with Crippen LogP contribution < -0.4 is 4.74 Å². The van der Waals surface area contributed by atoms with Crippen molar-refractivity contribution in [2.75, 3.05) is 6.61 Å². The van der Waals surface area contributed by atoms with Gasteiger partial charge in [-0.3, -0.25) is 0 Å². The second-order valence-corrected chi connectivity index (χ2v) is 5.20. The van der Waals surface area contributed by atoms with Crippen LogP contribution in [-0.4, -0.2) is 6.61 Å². The van der Waals surface area contributed by atoms with Gasteiger partial charge in [0, 0.05) is 10.4 Å². The summed E-state index contributed by atoms with van der Waals surface area (Å²) >= 11 is 3.51. The predicted molar refractivity (Wildman–Crippen MR) is 79.1 cm³/mol. The SMILES string of the molecule is CCC(COc1ccccc1)c1cccc(Br)c1. The van der Waals surface area contributed by atoms with Crippen LogP contribution in [-0.2, 0) is 0 Å². The summed E-state index contributed by atoms with van der Waals surface area (Å²) in [5.74, 6) is 1.37. The molecule has 94 valence electrons. The van der Waals surface area contributed by atoms with Crippen molar-refractivity contribution in [1.29, 1.82) is 0 Å². The van der Waals surface area contributed by atoms with Crippen molar-refractivity contribution in [1.82, 2.24) is 0 Å². The number of para-hydroxylation sites is 1. The lowest BCUT2D eigenvalue weighted by atomic mass is 9.97. The molecule has 2 heteroatoms. The van der Waals surface area contributed by atoms with Crippen molar-refractivity contribution in [3.8, 4) is 5.75 Å². The molecule has 1 atom stereocenters. The highest BCUT2D eigenvalue weighted by Crippen LogP contribution is 2.24. The molecular weight excluding hydrogens is 288 g/mol. The Morgan fingerprint density at radius 2 is 1.83 bits per heavy atom. The van der Waals surface area contributed by atoms with Crippen LogP contribution in [0.15, 0.2) is 59.1 Å². The lowest BCUT2D eigenvalue weighted by Crippen LogP contribution is -2.09. The number of rotatable bonds is 5. The second kappa shape index (κ2) is 6.60. The molecule has 2 aromatic carbocycles. The summed E-state index contributed by atoms with van der Waals surface area (Å²) < 4.78 is 6.96. The minimum Gasteiger partial charge on any atom is -0.493 e. The van der Waals surface area contributed by atoms with Crippen molar-refractivity contribution in [3.05, 3.63) is 64.6 Å². The van der Waals surface area contributed by atoms with Crippen LogP contribution in [0.1, 0.15) is 24.8 Å². The highest BCUT2D eigenvalue weighted by molar-refractivity contribution is 9.10. The molecule has 0 saturated heterocycles. The molecule has 0 spiro atoms. The predicted octanol–water partition coefficient (Wildman–Crippen LogP) is 5.02. The third kappa shape index (κ3) is 3.61. The molecule has 0 amide bonds. The molecule has 0 aliphatic rings. The molecule has 0 radical (unpaired) electrons. The Balaban J connectivity index is 2.02. The summed E-state index contributed by atoms with van der Waals surface area (Å²) in [6, 6.07) is 18.4. The smallest absolute Gasteiger partial charge is 0.119 e. The van der Waals surface area contributed by atoms with Gasteiger partial charge < -0.3 is 4.74 Å². The normalized spacial score (nSPS) is 12.1. The largest absolute Gasteiger partial charge is 0.493 e. The molecule has 0 bridgehead atoms. The van der Waals surface area contributed by atoms with Crippen LogP contribution in [0.3, 0.4) is 0 Å². The van der Waals surface area contributed by atoms with E-state index in [4.69, 9.17) is 4.74 Å². The third-order valence-electron chi connectivity index (χ3n) is 3.01. The highest BCUT2D eigenvalue weighted by Gasteiger charge is 2.10. The summed E-state index contributed by atoms with van der Waals surface area (Å²) in [7, 11) is 0. The zero-order valence-corrected chi connectivity index (χ0v) is 12.1. The van der Waals surface area contributed by atoms with Crippen LogP contribution >= 0.6 is 15.9 Å². The van der Waals surface area contributed by atoms with Gasteiger partial charge in [0.05, 0.1) is 6.61 Å². The van der Waals surface area contributed by atoms with Crippen molar-refractivity contribution < 1.29 is 4.74 Å². The molecule has 0 fully saturated rings. The van der Waals surface area contributed by atoms with Crippen LogP contribution in [0.2, 0.25) is 0 Å². The monoisotopic (exact) mass is 304 g/mol. The van der Waals surface area contributed by atoms with E-state index in [1.54, 1.807) is 0 Å². The first-order chi connectivity index (χ1) is 8.79. The molecule has 2 aromatic rings. The van der Waals surface area contributed by atoms with Gasteiger partial charge in [-0.1, -0.05) is 53.2 Å². The molecule has 2 rings (SSSR count). The Hall–Kier alpha value is -1.28. The molecule has 0 aromatic heterocycles. The Kier molecular flexibility index (Phi) is 4.82. The Morgan fingerprint density at radius 3 is 2.50 bits per heavy atom. The Bertz CT molecular complexity index is 481. The van der Waals surface area contributed by atoms with E-state index < -0.39 is 0 Å².